The van der Waals surface area contributed by atoms with Crippen LogP contribution in [0.1, 0.15) is 20.3 Å². The van der Waals surface area contributed by atoms with Gasteiger partial charge in [0.15, 0.2) is 11.9 Å². The minimum absolute atomic E-state index is 0.108. The highest BCUT2D eigenvalue weighted by Gasteiger charge is 2.24. The lowest BCUT2D eigenvalue weighted by Gasteiger charge is -2.20. The molecular weight excluding hydrogens is 156 g/mol. The average molecular weight is 168 g/mol. The van der Waals surface area contributed by atoms with Gasteiger partial charge in [0.25, 0.3) is 0 Å². The Kier molecular flexibility index (Phi) is 2.63. The monoisotopic (exact) mass is 168 g/mol. The molecule has 0 amide bonds. The van der Waals surface area contributed by atoms with Gasteiger partial charge in [-0.15, -0.1) is 0 Å². The Bertz CT molecular complexity index is 230. The molecule has 12 heavy (non-hydrogen) atoms. The fourth-order valence-corrected chi connectivity index (χ4v) is 1.21. The second kappa shape index (κ2) is 3.52. The van der Waals surface area contributed by atoms with Crippen molar-refractivity contribution in [2.75, 3.05) is 0 Å². The lowest BCUT2D eigenvalue weighted by atomic mass is 9.94. The molecule has 0 bridgehead atoms. The Morgan fingerprint density at radius 2 is 2.33 bits per heavy atom. The Labute approximate surface area is 71.4 Å². The predicted molar refractivity (Wildman–Crippen MR) is 43.5 cm³/mol. The van der Waals surface area contributed by atoms with Gasteiger partial charge >= 0.3 is 5.97 Å². The van der Waals surface area contributed by atoms with E-state index in [1.807, 2.05) is 13.0 Å². The second-order valence-corrected chi connectivity index (χ2v) is 3.07. The average Bonchev–Trinajstić information content (AvgIpc) is 1.96. The highest BCUT2D eigenvalue weighted by atomic mass is 16.5. The summed E-state index contributed by atoms with van der Waals surface area (Å²) in [5, 5.41) is 0. The van der Waals surface area contributed by atoms with E-state index >= 15 is 0 Å². The third-order valence-corrected chi connectivity index (χ3v) is 1.80. The third-order valence-electron chi connectivity index (χ3n) is 1.80. The van der Waals surface area contributed by atoms with Gasteiger partial charge in [-0.3, -0.25) is 9.59 Å². The highest BCUT2D eigenvalue weighted by molar-refractivity contribution is 5.95. The van der Waals surface area contributed by atoms with Crippen LogP contribution in [0.4, 0.5) is 0 Å². The number of ketones is 1. The van der Waals surface area contributed by atoms with Crippen molar-refractivity contribution in [2.45, 2.75) is 26.4 Å². The summed E-state index contributed by atoms with van der Waals surface area (Å²) in [7, 11) is 0. The van der Waals surface area contributed by atoms with Crippen molar-refractivity contribution < 1.29 is 14.3 Å². The van der Waals surface area contributed by atoms with Gasteiger partial charge in [-0.05, 0) is 18.4 Å². The van der Waals surface area contributed by atoms with E-state index in [4.69, 9.17) is 4.74 Å². The van der Waals surface area contributed by atoms with Crippen LogP contribution >= 0.6 is 0 Å². The minimum Gasteiger partial charge on any atom is -0.454 e. The first kappa shape index (κ1) is 8.97. The van der Waals surface area contributed by atoms with E-state index < -0.39 is 12.1 Å². The molecule has 0 radical (unpaired) electrons. The lowest BCUT2D eigenvalue weighted by molar-refractivity contribution is -0.152. The molecule has 2 atom stereocenters. The van der Waals surface area contributed by atoms with E-state index in [1.165, 1.54) is 13.0 Å². The molecule has 1 aliphatic carbocycles. The van der Waals surface area contributed by atoms with Crippen molar-refractivity contribution in [1.82, 2.24) is 0 Å². The number of carbonyl (C=O) groups excluding carboxylic acids is 2. The van der Waals surface area contributed by atoms with E-state index in [0.717, 1.165) is 0 Å². The molecule has 0 heterocycles. The van der Waals surface area contributed by atoms with Crippen molar-refractivity contribution in [3.05, 3.63) is 12.2 Å². The maximum atomic E-state index is 11.1. The molecule has 3 nitrogen and oxygen atoms in total. The molecule has 2 unspecified atom stereocenters. The zero-order chi connectivity index (χ0) is 9.14. The van der Waals surface area contributed by atoms with Gasteiger partial charge < -0.3 is 4.74 Å². The molecule has 0 aromatic rings. The summed E-state index contributed by atoms with van der Waals surface area (Å²) in [6.45, 7) is 3.30. The molecular formula is C9H12O3. The summed E-state index contributed by atoms with van der Waals surface area (Å²) >= 11 is 0. The predicted octanol–water partition coefficient (Wildman–Crippen LogP) is 1.08. The number of rotatable bonds is 1. The molecule has 0 aromatic heterocycles. The first-order valence-corrected chi connectivity index (χ1v) is 3.99. The number of carbonyl (C=O) groups is 2. The normalized spacial score (nSPS) is 28.7. The van der Waals surface area contributed by atoms with E-state index in [2.05, 4.69) is 0 Å². The number of allylic oxidation sites excluding steroid dienone is 1. The maximum Gasteiger partial charge on any atom is 0.303 e. The number of hydrogen-bond donors (Lipinski definition) is 0. The maximum absolute atomic E-state index is 11.1. The van der Waals surface area contributed by atoms with Gasteiger partial charge in [-0.25, -0.2) is 0 Å². The quantitative estimate of drug-likeness (QED) is 0.550. The largest absolute Gasteiger partial charge is 0.454 e. The van der Waals surface area contributed by atoms with Crippen LogP contribution in [0.5, 0.6) is 0 Å². The molecule has 0 N–H and O–H groups in total. The van der Waals surface area contributed by atoms with E-state index in [-0.39, 0.29) is 5.78 Å². The van der Waals surface area contributed by atoms with Crippen LogP contribution in [0.25, 0.3) is 0 Å². The smallest absolute Gasteiger partial charge is 0.303 e. The first-order valence-electron chi connectivity index (χ1n) is 3.99. The van der Waals surface area contributed by atoms with Crippen molar-refractivity contribution in [1.29, 1.82) is 0 Å². The Morgan fingerprint density at radius 1 is 1.67 bits per heavy atom. The molecule has 1 rings (SSSR count). The van der Waals surface area contributed by atoms with E-state index in [9.17, 15) is 9.59 Å². The Balaban J connectivity index is 2.60. The number of ether oxygens (including phenoxy) is 1. The number of hydrogen-bond acceptors (Lipinski definition) is 3. The lowest BCUT2D eigenvalue weighted by Crippen LogP contribution is -2.29. The first-order chi connectivity index (χ1) is 5.59. The summed E-state index contributed by atoms with van der Waals surface area (Å²) in [6, 6.07) is 0. The van der Waals surface area contributed by atoms with Crippen LogP contribution in [0.3, 0.4) is 0 Å². The molecule has 0 saturated heterocycles. The van der Waals surface area contributed by atoms with Gasteiger partial charge in [-0.1, -0.05) is 13.0 Å². The van der Waals surface area contributed by atoms with Crippen LogP contribution in [-0.4, -0.2) is 17.9 Å². The minimum atomic E-state index is -0.553. The fourth-order valence-electron chi connectivity index (χ4n) is 1.21. The second-order valence-electron chi connectivity index (χ2n) is 3.07. The van der Waals surface area contributed by atoms with Crippen molar-refractivity contribution in [3.8, 4) is 0 Å². The van der Waals surface area contributed by atoms with Crippen LogP contribution in [0.2, 0.25) is 0 Å². The van der Waals surface area contributed by atoms with E-state index in [1.54, 1.807) is 0 Å². The molecule has 0 aromatic carbocycles. The summed E-state index contributed by atoms with van der Waals surface area (Å²) in [5.74, 6) is -0.189. The SMILES string of the molecule is CC(=O)OC1CC(C)C=CC1=O. The molecule has 0 saturated carbocycles. The summed E-state index contributed by atoms with van der Waals surface area (Å²) in [4.78, 5) is 21.7. The molecule has 66 valence electrons. The molecule has 3 heteroatoms. The third kappa shape index (κ3) is 2.19. The van der Waals surface area contributed by atoms with Crippen molar-refractivity contribution >= 4 is 11.8 Å². The van der Waals surface area contributed by atoms with Gasteiger partial charge in [0, 0.05) is 6.92 Å². The van der Waals surface area contributed by atoms with Crippen LogP contribution < -0.4 is 0 Å². The van der Waals surface area contributed by atoms with E-state index in [0.29, 0.717) is 12.3 Å². The summed E-state index contributed by atoms with van der Waals surface area (Å²) in [6.07, 6.45) is 3.38. The highest BCUT2D eigenvalue weighted by Crippen LogP contribution is 2.17. The van der Waals surface area contributed by atoms with Crippen LogP contribution in [-0.2, 0) is 14.3 Å². The number of esters is 1. The van der Waals surface area contributed by atoms with Gasteiger partial charge in [-0.2, -0.15) is 0 Å². The standard InChI is InChI=1S/C9H12O3/c1-6-3-4-8(11)9(5-6)12-7(2)10/h3-4,6,9H,5H2,1-2H3. The Morgan fingerprint density at radius 3 is 2.92 bits per heavy atom. The van der Waals surface area contributed by atoms with Crippen LogP contribution in [0, 0.1) is 5.92 Å². The van der Waals surface area contributed by atoms with Crippen LogP contribution in [0.15, 0.2) is 12.2 Å². The van der Waals surface area contributed by atoms with Crippen molar-refractivity contribution in [2.24, 2.45) is 5.92 Å². The summed E-state index contributed by atoms with van der Waals surface area (Å²) < 4.78 is 4.83. The van der Waals surface area contributed by atoms with Gasteiger partial charge in [0.1, 0.15) is 0 Å². The zero-order valence-corrected chi connectivity index (χ0v) is 7.24. The Hall–Kier alpha value is -1.12. The molecule has 0 aliphatic heterocycles. The van der Waals surface area contributed by atoms with Gasteiger partial charge in [0.05, 0.1) is 0 Å². The zero-order valence-electron chi connectivity index (χ0n) is 7.24. The summed E-state index contributed by atoms with van der Waals surface area (Å²) in [5.41, 5.74) is 0. The van der Waals surface area contributed by atoms with Crippen molar-refractivity contribution in [3.63, 3.8) is 0 Å². The molecule has 0 spiro atoms. The van der Waals surface area contributed by atoms with Gasteiger partial charge in [0.2, 0.25) is 0 Å². The topological polar surface area (TPSA) is 43.4 Å². The molecule has 1 aliphatic rings. The molecule has 0 fully saturated rings. The fraction of sp³-hybridized carbons (Fsp3) is 0.556.